The Kier molecular flexibility index (Phi) is 2.81. The molecule has 19 heavy (non-hydrogen) atoms. The van der Waals surface area contributed by atoms with Crippen LogP contribution in [0, 0.1) is 23.2 Å². The van der Waals surface area contributed by atoms with Gasteiger partial charge in [0.25, 0.3) is 0 Å². The molecule has 2 saturated carbocycles. The topological polar surface area (TPSA) is 66.8 Å². The minimum atomic E-state index is -0.760. The molecule has 106 valence electrons. The Balaban J connectivity index is 2.04. The molecule has 3 aliphatic rings. The van der Waals surface area contributed by atoms with Crippen LogP contribution < -0.4 is 0 Å². The molecule has 0 spiro atoms. The highest BCUT2D eigenvalue weighted by Crippen LogP contribution is 2.56. The van der Waals surface area contributed by atoms with Crippen molar-refractivity contribution < 1.29 is 19.7 Å². The molecule has 0 aromatic rings. The van der Waals surface area contributed by atoms with E-state index in [-0.39, 0.29) is 17.9 Å². The van der Waals surface area contributed by atoms with Gasteiger partial charge in [0.15, 0.2) is 0 Å². The highest BCUT2D eigenvalue weighted by atomic mass is 16.6. The predicted octanol–water partition coefficient (Wildman–Crippen LogP) is 1.26. The first kappa shape index (κ1) is 13.1. The molecule has 1 saturated heterocycles. The first-order chi connectivity index (χ1) is 8.87. The number of carbonyl (C=O) groups is 1. The predicted molar refractivity (Wildman–Crippen MR) is 69.1 cm³/mol. The summed E-state index contributed by atoms with van der Waals surface area (Å²) in [4.78, 5) is 11.7. The van der Waals surface area contributed by atoms with E-state index in [0.29, 0.717) is 11.5 Å². The Bertz CT molecular complexity index is 432. The molecule has 3 rings (SSSR count). The maximum Gasteiger partial charge on any atom is 0.334 e. The third kappa shape index (κ3) is 1.56. The van der Waals surface area contributed by atoms with Crippen molar-refractivity contribution in [1.82, 2.24) is 0 Å². The van der Waals surface area contributed by atoms with Crippen molar-refractivity contribution in [1.29, 1.82) is 0 Å². The second-order valence-electron chi connectivity index (χ2n) is 6.72. The Morgan fingerprint density at radius 2 is 2.05 bits per heavy atom. The maximum atomic E-state index is 11.7. The number of esters is 1. The number of hydrogen-bond donors (Lipinski definition) is 2. The van der Waals surface area contributed by atoms with E-state index >= 15 is 0 Å². The van der Waals surface area contributed by atoms with Crippen molar-refractivity contribution in [2.45, 2.75) is 51.4 Å². The second kappa shape index (κ2) is 4.06. The van der Waals surface area contributed by atoms with Crippen LogP contribution in [-0.2, 0) is 9.53 Å². The first-order valence-electron chi connectivity index (χ1n) is 7.13. The van der Waals surface area contributed by atoms with Crippen LogP contribution in [0.4, 0.5) is 0 Å². The molecule has 4 heteroatoms. The molecular weight excluding hydrogens is 244 g/mol. The Morgan fingerprint density at radius 1 is 1.37 bits per heavy atom. The third-order valence-corrected chi connectivity index (χ3v) is 5.86. The van der Waals surface area contributed by atoms with Crippen LogP contribution in [0.25, 0.3) is 0 Å². The fourth-order valence-corrected chi connectivity index (χ4v) is 4.67. The molecule has 0 radical (unpaired) electrons. The van der Waals surface area contributed by atoms with E-state index in [0.717, 1.165) is 19.3 Å². The number of rotatable bonds is 0. The smallest absolute Gasteiger partial charge is 0.334 e. The zero-order valence-electron chi connectivity index (χ0n) is 11.5. The summed E-state index contributed by atoms with van der Waals surface area (Å²) in [5.74, 6) is -0.159. The zero-order valence-corrected chi connectivity index (χ0v) is 11.5. The molecular formula is C15H22O4. The van der Waals surface area contributed by atoms with Crippen LogP contribution in [0.15, 0.2) is 12.2 Å². The number of hydrogen-bond acceptors (Lipinski definition) is 4. The van der Waals surface area contributed by atoms with E-state index in [2.05, 4.69) is 13.5 Å². The van der Waals surface area contributed by atoms with E-state index in [9.17, 15) is 15.0 Å². The van der Waals surface area contributed by atoms with Gasteiger partial charge >= 0.3 is 5.97 Å². The Labute approximate surface area is 113 Å². The maximum absolute atomic E-state index is 11.7. The summed E-state index contributed by atoms with van der Waals surface area (Å²) >= 11 is 0. The molecule has 2 aliphatic carbocycles. The average molecular weight is 266 g/mol. The normalized spacial score (nSPS) is 53.5. The van der Waals surface area contributed by atoms with Gasteiger partial charge in [0, 0.05) is 11.0 Å². The van der Waals surface area contributed by atoms with Crippen LogP contribution >= 0.6 is 0 Å². The lowest BCUT2D eigenvalue weighted by molar-refractivity contribution is -0.140. The summed E-state index contributed by atoms with van der Waals surface area (Å²) in [7, 11) is 0. The molecule has 3 fully saturated rings. The van der Waals surface area contributed by atoms with Gasteiger partial charge in [-0.1, -0.05) is 20.4 Å². The first-order valence-corrected chi connectivity index (χ1v) is 7.13. The van der Waals surface area contributed by atoms with Crippen molar-refractivity contribution in [3.63, 3.8) is 0 Å². The van der Waals surface area contributed by atoms with Crippen LogP contribution in [0.3, 0.4) is 0 Å². The molecule has 4 nitrogen and oxygen atoms in total. The molecule has 1 aliphatic heterocycles. The van der Waals surface area contributed by atoms with E-state index in [1.165, 1.54) is 0 Å². The highest BCUT2D eigenvalue weighted by molar-refractivity contribution is 5.91. The second-order valence-corrected chi connectivity index (χ2v) is 6.72. The van der Waals surface area contributed by atoms with Gasteiger partial charge in [-0.15, -0.1) is 0 Å². The van der Waals surface area contributed by atoms with Crippen molar-refractivity contribution in [2.75, 3.05) is 0 Å². The molecule has 0 amide bonds. The fourth-order valence-electron chi connectivity index (χ4n) is 4.67. The van der Waals surface area contributed by atoms with E-state index in [4.69, 9.17) is 4.74 Å². The summed E-state index contributed by atoms with van der Waals surface area (Å²) in [6.45, 7) is 7.87. The van der Waals surface area contributed by atoms with Crippen molar-refractivity contribution in [3.8, 4) is 0 Å². The standard InChI is InChI=1S/C15H22O4/c1-7-6-10-12(8(2)14(18)19-10)13(17)15(3)9(7)4-5-11(15)16/h7,9-13,16-17H,2,4-6H2,1,3H3/t7?,9-,10+,11?,12+,13?,15+/m1/s1. The molecule has 0 aromatic heterocycles. The van der Waals surface area contributed by atoms with Crippen LogP contribution in [0.2, 0.25) is 0 Å². The summed E-state index contributed by atoms with van der Waals surface area (Å²) in [5, 5.41) is 21.2. The van der Waals surface area contributed by atoms with Gasteiger partial charge in [0.2, 0.25) is 0 Å². The third-order valence-electron chi connectivity index (χ3n) is 5.86. The van der Waals surface area contributed by atoms with Crippen molar-refractivity contribution in [2.24, 2.45) is 23.2 Å². The number of carbonyl (C=O) groups excluding carboxylic acids is 1. The summed E-state index contributed by atoms with van der Waals surface area (Å²) in [6.07, 6.45) is 0.844. The number of ether oxygens (including phenoxy) is 1. The minimum absolute atomic E-state index is 0.273. The van der Waals surface area contributed by atoms with Gasteiger partial charge in [-0.2, -0.15) is 0 Å². The van der Waals surface area contributed by atoms with Crippen LogP contribution in [-0.4, -0.2) is 34.5 Å². The lowest BCUT2D eigenvalue weighted by Crippen LogP contribution is -2.48. The lowest BCUT2D eigenvalue weighted by Gasteiger charge is -2.41. The van der Waals surface area contributed by atoms with Gasteiger partial charge in [-0.05, 0) is 31.1 Å². The summed E-state index contributed by atoms with van der Waals surface area (Å²) in [6, 6.07) is 0. The monoisotopic (exact) mass is 266 g/mol. The largest absolute Gasteiger partial charge is 0.458 e. The summed E-state index contributed by atoms with van der Waals surface area (Å²) < 4.78 is 5.36. The van der Waals surface area contributed by atoms with Gasteiger partial charge in [-0.25, -0.2) is 4.79 Å². The summed E-state index contributed by atoms with van der Waals surface area (Å²) in [5.41, 5.74) is -0.193. The lowest BCUT2D eigenvalue weighted by atomic mass is 9.67. The van der Waals surface area contributed by atoms with Crippen molar-refractivity contribution in [3.05, 3.63) is 12.2 Å². The van der Waals surface area contributed by atoms with Crippen LogP contribution in [0.1, 0.15) is 33.1 Å². The van der Waals surface area contributed by atoms with E-state index < -0.39 is 23.6 Å². The van der Waals surface area contributed by atoms with Crippen molar-refractivity contribution >= 4 is 5.97 Å². The van der Waals surface area contributed by atoms with Gasteiger partial charge in [0.1, 0.15) is 6.10 Å². The molecule has 3 unspecified atom stereocenters. The Hall–Kier alpha value is -0.870. The number of aliphatic hydroxyl groups is 2. The molecule has 0 aromatic carbocycles. The van der Waals surface area contributed by atoms with E-state index in [1.54, 1.807) is 0 Å². The number of fused-ring (bicyclic) bond motifs is 2. The number of aliphatic hydroxyl groups excluding tert-OH is 2. The fraction of sp³-hybridized carbons (Fsp3) is 0.800. The highest BCUT2D eigenvalue weighted by Gasteiger charge is 2.60. The molecule has 1 heterocycles. The van der Waals surface area contributed by atoms with Gasteiger partial charge < -0.3 is 14.9 Å². The van der Waals surface area contributed by atoms with Gasteiger partial charge in [-0.3, -0.25) is 0 Å². The van der Waals surface area contributed by atoms with Crippen LogP contribution in [0.5, 0.6) is 0 Å². The minimum Gasteiger partial charge on any atom is -0.458 e. The molecule has 2 N–H and O–H groups in total. The van der Waals surface area contributed by atoms with E-state index in [1.807, 2.05) is 6.92 Å². The SMILES string of the molecule is C=C1C(=O)O[C@H]2CC(C)[C@H]3CCC(O)[C@@]3(C)C(O)[C@@H]12. The quantitative estimate of drug-likeness (QED) is 0.512. The Morgan fingerprint density at radius 3 is 2.74 bits per heavy atom. The molecule has 0 bridgehead atoms. The molecule has 7 atom stereocenters. The zero-order chi connectivity index (χ0) is 13.9. The average Bonchev–Trinajstić information content (AvgIpc) is 2.77. The van der Waals surface area contributed by atoms with Gasteiger partial charge in [0.05, 0.1) is 18.1 Å².